The predicted molar refractivity (Wildman–Crippen MR) is 55.1 cm³/mol. The van der Waals surface area contributed by atoms with Crippen LogP contribution in [0, 0.1) is 5.92 Å². The van der Waals surface area contributed by atoms with Gasteiger partial charge in [-0.2, -0.15) is 0 Å². The van der Waals surface area contributed by atoms with Crippen molar-refractivity contribution in [2.75, 3.05) is 13.1 Å². The van der Waals surface area contributed by atoms with Crippen LogP contribution in [-0.2, 0) is 0 Å². The van der Waals surface area contributed by atoms with Crippen LogP contribution in [0.1, 0.15) is 24.6 Å². The molecule has 1 aromatic rings. The minimum atomic E-state index is -0.260. The van der Waals surface area contributed by atoms with Crippen molar-refractivity contribution in [1.29, 1.82) is 0 Å². The molecule has 0 aromatic carbocycles. The highest BCUT2D eigenvalue weighted by Gasteiger charge is 2.42. The molecule has 2 bridgehead atoms. The minimum absolute atomic E-state index is 0.0752. The van der Waals surface area contributed by atoms with E-state index in [1.54, 1.807) is 18.6 Å². The van der Waals surface area contributed by atoms with Crippen molar-refractivity contribution >= 4 is 0 Å². The molecule has 0 amide bonds. The number of aromatic nitrogens is 2. The lowest BCUT2D eigenvalue weighted by Gasteiger charge is -2.48. The summed E-state index contributed by atoms with van der Waals surface area (Å²) in [6.45, 7) is 2.17. The SMILES string of the molecule is OC1C2CCN(CC2)C1c1cnccn1. The van der Waals surface area contributed by atoms with Gasteiger partial charge in [-0.15, -0.1) is 0 Å². The summed E-state index contributed by atoms with van der Waals surface area (Å²) in [4.78, 5) is 10.7. The average molecular weight is 205 g/mol. The van der Waals surface area contributed by atoms with Crippen molar-refractivity contribution in [3.05, 3.63) is 24.3 Å². The number of aliphatic hydroxyl groups excluding tert-OH is 1. The topological polar surface area (TPSA) is 49.2 Å². The molecule has 1 N–H and O–H groups in total. The van der Waals surface area contributed by atoms with E-state index < -0.39 is 0 Å². The number of piperidine rings is 3. The zero-order valence-electron chi connectivity index (χ0n) is 8.58. The number of fused-ring (bicyclic) bond motifs is 3. The van der Waals surface area contributed by atoms with Gasteiger partial charge in [-0.05, 0) is 31.8 Å². The summed E-state index contributed by atoms with van der Waals surface area (Å²) in [5.41, 5.74) is 0.911. The fraction of sp³-hybridized carbons (Fsp3) is 0.636. The van der Waals surface area contributed by atoms with Crippen LogP contribution in [0.3, 0.4) is 0 Å². The third-order valence-electron chi connectivity index (χ3n) is 3.66. The summed E-state index contributed by atoms with van der Waals surface area (Å²) in [5.74, 6) is 0.460. The molecular weight excluding hydrogens is 190 g/mol. The lowest BCUT2D eigenvalue weighted by atomic mass is 9.79. The van der Waals surface area contributed by atoms with Gasteiger partial charge in [-0.1, -0.05) is 0 Å². The first kappa shape index (κ1) is 9.24. The first-order valence-electron chi connectivity index (χ1n) is 5.54. The standard InChI is InChI=1S/C11H15N3O/c15-11-8-1-5-14(6-2-8)10(11)9-7-12-3-4-13-9/h3-4,7-8,10-11,15H,1-2,5-6H2. The van der Waals surface area contributed by atoms with E-state index in [-0.39, 0.29) is 12.1 Å². The Labute approximate surface area is 89.0 Å². The van der Waals surface area contributed by atoms with Crippen LogP contribution < -0.4 is 0 Å². The first-order valence-corrected chi connectivity index (χ1v) is 5.54. The van der Waals surface area contributed by atoms with E-state index in [0.717, 1.165) is 31.6 Å². The highest BCUT2D eigenvalue weighted by molar-refractivity contribution is 5.10. The normalized spacial score (nSPS) is 39.3. The second kappa shape index (κ2) is 3.54. The molecule has 4 nitrogen and oxygen atoms in total. The van der Waals surface area contributed by atoms with E-state index in [0.29, 0.717) is 5.92 Å². The largest absolute Gasteiger partial charge is 0.391 e. The number of hydrogen-bond donors (Lipinski definition) is 1. The lowest BCUT2D eigenvalue weighted by molar-refractivity contribution is -0.0755. The molecule has 3 aliphatic rings. The molecule has 0 saturated carbocycles. The van der Waals surface area contributed by atoms with Gasteiger partial charge in [-0.3, -0.25) is 14.9 Å². The van der Waals surface area contributed by atoms with Gasteiger partial charge in [0.05, 0.1) is 24.0 Å². The Morgan fingerprint density at radius 3 is 2.67 bits per heavy atom. The van der Waals surface area contributed by atoms with E-state index in [1.165, 1.54) is 0 Å². The van der Waals surface area contributed by atoms with Gasteiger partial charge in [0.1, 0.15) is 0 Å². The van der Waals surface area contributed by atoms with Crippen molar-refractivity contribution in [2.45, 2.75) is 25.0 Å². The molecule has 4 rings (SSSR count). The third kappa shape index (κ3) is 1.44. The Hall–Kier alpha value is -1.00. The quantitative estimate of drug-likeness (QED) is 0.729. The van der Waals surface area contributed by atoms with E-state index in [2.05, 4.69) is 14.9 Å². The Balaban J connectivity index is 1.92. The summed E-state index contributed by atoms with van der Waals surface area (Å²) < 4.78 is 0. The van der Waals surface area contributed by atoms with Gasteiger partial charge >= 0.3 is 0 Å². The maximum absolute atomic E-state index is 10.2. The molecule has 2 atom stereocenters. The van der Waals surface area contributed by atoms with Crippen LogP contribution >= 0.6 is 0 Å². The fourth-order valence-electron chi connectivity index (χ4n) is 2.84. The van der Waals surface area contributed by atoms with Gasteiger partial charge in [0.25, 0.3) is 0 Å². The minimum Gasteiger partial charge on any atom is -0.391 e. The molecule has 4 heterocycles. The molecule has 4 heteroatoms. The van der Waals surface area contributed by atoms with Crippen LogP contribution in [0.15, 0.2) is 18.6 Å². The Morgan fingerprint density at radius 1 is 1.27 bits per heavy atom. The van der Waals surface area contributed by atoms with Gasteiger partial charge < -0.3 is 5.11 Å². The monoisotopic (exact) mass is 205 g/mol. The van der Waals surface area contributed by atoms with Crippen molar-refractivity contribution in [1.82, 2.24) is 14.9 Å². The van der Waals surface area contributed by atoms with Crippen molar-refractivity contribution in [3.8, 4) is 0 Å². The Kier molecular flexibility index (Phi) is 2.18. The van der Waals surface area contributed by atoms with E-state index in [1.807, 2.05) is 0 Å². The van der Waals surface area contributed by atoms with Crippen molar-refractivity contribution in [2.24, 2.45) is 5.92 Å². The zero-order chi connectivity index (χ0) is 10.3. The van der Waals surface area contributed by atoms with Crippen LogP contribution in [0.5, 0.6) is 0 Å². The molecule has 0 aliphatic carbocycles. The zero-order valence-corrected chi connectivity index (χ0v) is 8.58. The van der Waals surface area contributed by atoms with Crippen molar-refractivity contribution < 1.29 is 5.11 Å². The first-order chi connectivity index (χ1) is 7.36. The Bertz CT molecular complexity index is 333. The maximum Gasteiger partial charge on any atom is 0.0802 e. The smallest absolute Gasteiger partial charge is 0.0802 e. The van der Waals surface area contributed by atoms with Gasteiger partial charge in [0, 0.05) is 12.4 Å². The Morgan fingerprint density at radius 2 is 2.07 bits per heavy atom. The highest BCUT2D eigenvalue weighted by Crippen LogP contribution is 2.39. The van der Waals surface area contributed by atoms with E-state index in [9.17, 15) is 5.11 Å². The van der Waals surface area contributed by atoms with Gasteiger partial charge in [0.15, 0.2) is 0 Å². The second-order valence-corrected chi connectivity index (χ2v) is 4.44. The van der Waals surface area contributed by atoms with Crippen LogP contribution in [0.4, 0.5) is 0 Å². The lowest BCUT2D eigenvalue weighted by Crippen LogP contribution is -2.52. The molecule has 2 unspecified atom stereocenters. The molecular formula is C11H15N3O. The van der Waals surface area contributed by atoms with Gasteiger partial charge in [0.2, 0.25) is 0 Å². The molecule has 0 radical (unpaired) electrons. The van der Waals surface area contributed by atoms with Gasteiger partial charge in [-0.25, -0.2) is 0 Å². The number of hydrogen-bond acceptors (Lipinski definition) is 4. The molecule has 0 spiro atoms. The summed E-state index contributed by atoms with van der Waals surface area (Å²) in [6, 6.07) is 0.0752. The number of aliphatic hydroxyl groups is 1. The van der Waals surface area contributed by atoms with Crippen LogP contribution in [0.2, 0.25) is 0 Å². The molecule has 3 fully saturated rings. The number of nitrogens with zero attached hydrogens (tertiary/aromatic N) is 3. The van der Waals surface area contributed by atoms with Crippen LogP contribution in [0.25, 0.3) is 0 Å². The second-order valence-electron chi connectivity index (χ2n) is 4.44. The third-order valence-corrected chi connectivity index (χ3v) is 3.66. The number of rotatable bonds is 1. The summed E-state index contributed by atoms with van der Waals surface area (Å²) in [5, 5.41) is 10.2. The highest BCUT2D eigenvalue weighted by atomic mass is 16.3. The summed E-state index contributed by atoms with van der Waals surface area (Å²) in [6.07, 6.45) is 7.13. The molecule has 15 heavy (non-hydrogen) atoms. The predicted octanol–water partition coefficient (Wildman–Crippen LogP) is 0.604. The molecule has 3 aliphatic heterocycles. The summed E-state index contributed by atoms with van der Waals surface area (Å²) in [7, 11) is 0. The average Bonchev–Trinajstić information content (AvgIpc) is 2.31. The molecule has 1 aromatic heterocycles. The van der Waals surface area contributed by atoms with Crippen molar-refractivity contribution in [3.63, 3.8) is 0 Å². The van der Waals surface area contributed by atoms with E-state index in [4.69, 9.17) is 0 Å². The summed E-state index contributed by atoms with van der Waals surface area (Å²) >= 11 is 0. The maximum atomic E-state index is 10.2. The fourth-order valence-corrected chi connectivity index (χ4v) is 2.84. The molecule has 3 saturated heterocycles. The molecule has 80 valence electrons. The van der Waals surface area contributed by atoms with Crippen LogP contribution in [-0.4, -0.2) is 39.2 Å². The van der Waals surface area contributed by atoms with E-state index >= 15 is 0 Å².